The quantitative estimate of drug-likeness (QED) is 0.506. The van der Waals surface area contributed by atoms with Gasteiger partial charge in [0.2, 0.25) is 0 Å². The van der Waals surface area contributed by atoms with Crippen LogP contribution in [0.5, 0.6) is 0 Å². The maximum Gasteiger partial charge on any atom is 0.337 e. The topological polar surface area (TPSA) is 86.3 Å². The van der Waals surface area contributed by atoms with Gasteiger partial charge in [-0.1, -0.05) is 47.7 Å². The monoisotopic (exact) mass is 399 g/mol. The highest BCUT2D eigenvalue weighted by atomic mass is 32.1. The standard InChI is InChI=1S/C19H17N3O3S2/c1-25-18(24)13-8-5-9-14(10-13)22-16(20)15(27-19(22)26)17(23)21-11-12-6-3-2-4-7-12/h2-10H,11,20H2,1H3,(H,21,23). The summed E-state index contributed by atoms with van der Waals surface area (Å²) >= 11 is 6.51. The number of carbonyl (C=O) groups excluding carboxylic acids is 2. The van der Waals surface area contributed by atoms with Gasteiger partial charge in [0.1, 0.15) is 10.7 Å². The number of rotatable bonds is 5. The SMILES string of the molecule is COC(=O)c1cccc(-n2c(N)c(C(=O)NCc3ccccc3)sc2=S)c1. The highest BCUT2D eigenvalue weighted by molar-refractivity contribution is 7.73. The summed E-state index contributed by atoms with van der Waals surface area (Å²) in [5.41, 5.74) is 8.15. The Morgan fingerprint density at radius 2 is 1.93 bits per heavy atom. The molecule has 3 rings (SSSR count). The third-order valence-electron chi connectivity index (χ3n) is 3.87. The normalized spacial score (nSPS) is 10.4. The van der Waals surface area contributed by atoms with Crippen LogP contribution in [-0.4, -0.2) is 23.6 Å². The van der Waals surface area contributed by atoms with Gasteiger partial charge in [-0.3, -0.25) is 9.36 Å². The summed E-state index contributed by atoms with van der Waals surface area (Å²) in [6.45, 7) is 0.390. The molecule has 0 aliphatic heterocycles. The summed E-state index contributed by atoms with van der Waals surface area (Å²) in [5, 5.41) is 2.84. The molecule has 0 spiro atoms. The summed E-state index contributed by atoms with van der Waals surface area (Å²) < 4.78 is 6.73. The molecule has 0 radical (unpaired) electrons. The molecule has 138 valence electrons. The van der Waals surface area contributed by atoms with Gasteiger partial charge in [0.25, 0.3) is 5.91 Å². The molecule has 1 aromatic heterocycles. The lowest BCUT2D eigenvalue weighted by atomic mass is 10.2. The number of thiazole rings is 1. The average molecular weight is 399 g/mol. The number of methoxy groups -OCH3 is 1. The molecule has 27 heavy (non-hydrogen) atoms. The molecule has 0 bridgehead atoms. The van der Waals surface area contributed by atoms with Crippen molar-refractivity contribution in [3.63, 3.8) is 0 Å². The molecular weight excluding hydrogens is 382 g/mol. The zero-order chi connectivity index (χ0) is 19.4. The molecule has 0 saturated carbocycles. The first-order valence-electron chi connectivity index (χ1n) is 8.03. The van der Waals surface area contributed by atoms with Crippen LogP contribution < -0.4 is 11.1 Å². The van der Waals surface area contributed by atoms with E-state index < -0.39 is 5.97 Å². The second kappa shape index (κ2) is 8.15. The smallest absolute Gasteiger partial charge is 0.337 e. The second-order valence-electron chi connectivity index (χ2n) is 5.63. The molecule has 0 aliphatic rings. The highest BCUT2D eigenvalue weighted by Gasteiger charge is 2.18. The largest absolute Gasteiger partial charge is 0.465 e. The van der Waals surface area contributed by atoms with Gasteiger partial charge < -0.3 is 15.8 Å². The molecule has 6 nitrogen and oxygen atoms in total. The van der Waals surface area contributed by atoms with Crippen molar-refractivity contribution < 1.29 is 14.3 Å². The number of nitrogens with zero attached hydrogens (tertiary/aromatic N) is 1. The number of amides is 1. The van der Waals surface area contributed by atoms with Gasteiger partial charge >= 0.3 is 5.97 Å². The molecule has 8 heteroatoms. The Bertz CT molecular complexity index is 1040. The fraction of sp³-hybridized carbons (Fsp3) is 0.105. The van der Waals surface area contributed by atoms with E-state index in [0.717, 1.165) is 16.9 Å². The average Bonchev–Trinajstić information content (AvgIpc) is 3.00. The summed E-state index contributed by atoms with van der Waals surface area (Å²) in [6.07, 6.45) is 0. The molecule has 0 aliphatic carbocycles. The number of nitrogens with two attached hydrogens (primary N) is 1. The number of esters is 1. The van der Waals surface area contributed by atoms with Gasteiger partial charge in [-0.05, 0) is 36.0 Å². The van der Waals surface area contributed by atoms with Crippen LogP contribution in [0.15, 0.2) is 54.6 Å². The first-order chi connectivity index (χ1) is 13.0. The van der Waals surface area contributed by atoms with E-state index in [2.05, 4.69) is 5.32 Å². The van der Waals surface area contributed by atoms with Crippen molar-refractivity contribution >= 4 is 41.2 Å². The Morgan fingerprint density at radius 3 is 2.63 bits per heavy atom. The minimum atomic E-state index is -0.460. The first kappa shape index (κ1) is 18.8. The van der Waals surface area contributed by atoms with Gasteiger partial charge in [0, 0.05) is 6.54 Å². The van der Waals surface area contributed by atoms with Crippen LogP contribution in [0.4, 0.5) is 5.82 Å². The lowest BCUT2D eigenvalue weighted by Crippen LogP contribution is -2.23. The zero-order valence-corrected chi connectivity index (χ0v) is 16.1. The molecule has 1 heterocycles. The predicted molar refractivity (Wildman–Crippen MR) is 108 cm³/mol. The minimum Gasteiger partial charge on any atom is -0.465 e. The van der Waals surface area contributed by atoms with Crippen molar-refractivity contribution in [2.45, 2.75) is 6.54 Å². The third kappa shape index (κ3) is 4.07. The van der Waals surface area contributed by atoms with Gasteiger partial charge in [-0.15, -0.1) is 0 Å². The van der Waals surface area contributed by atoms with Gasteiger partial charge in [-0.2, -0.15) is 0 Å². The van der Waals surface area contributed by atoms with Crippen LogP contribution in [0.1, 0.15) is 25.6 Å². The Morgan fingerprint density at radius 1 is 1.19 bits per heavy atom. The molecule has 3 aromatic rings. The molecule has 0 unspecified atom stereocenters. The Balaban J connectivity index is 1.88. The van der Waals surface area contributed by atoms with Crippen LogP contribution in [-0.2, 0) is 11.3 Å². The predicted octanol–water partition coefficient (Wildman–Crippen LogP) is 3.57. The Labute approximate surface area is 165 Å². The second-order valence-corrected chi connectivity index (χ2v) is 7.27. The number of nitrogen functional groups attached to an aromatic ring is 1. The van der Waals surface area contributed by atoms with E-state index in [1.807, 2.05) is 30.3 Å². The van der Waals surface area contributed by atoms with Gasteiger partial charge in [-0.25, -0.2) is 4.79 Å². The lowest BCUT2D eigenvalue weighted by molar-refractivity contribution is 0.0600. The van der Waals surface area contributed by atoms with Crippen molar-refractivity contribution in [1.29, 1.82) is 0 Å². The molecular formula is C19H17N3O3S2. The number of hydrogen-bond donors (Lipinski definition) is 2. The van der Waals surface area contributed by atoms with Crippen molar-refractivity contribution in [2.75, 3.05) is 12.8 Å². The van der Waals surface area contributed by atoms with E-state index >= 15 is 0 Å². The summed E-state index contributed by atoms with van der Waals surface area (Å²) in [5.74, 6) is -0.522. The summed E-state index contributed by atoms with van der Waals surface area (Å²) in [7, 11) is 1.31. The van der Waals surface area contributed by atoms with Crippen LogP contribution in [0.25, 0.3) is 5.69 Å². The zero-order valence-electron chi connectivity index (χ0n) is 14.5. The molecule has 3 N–H and O–H groups in total. The van der Waals surface area contributed by atoms with E-state index in [9.17, 15) is 9.59 Å². The summed E-state index contributed by atoms with van der Waals surface area (Å²) in [4.78, 5) is 24.6. The fourth-order valence-corrected chi connectivity index (χ4v) is 3.82. The molecule has 1 amide bonds. The molecule has 0 atom stereocenters. The van der Waals surface area contributed by atoms with Crippen molar-refractivity contribution in [2.24, 2.45) is 0 Å². The number of carbonyl (C=O) groups is 2. The lowest BCUT2D eigenvalue weighted by Gasteiger charge is -2.08. The molecule has 0 fully saturated rings. The van der Waals surface area contributed by atoms with Crippen LogP contribution in [0.2, 0.25) is 0 Å². The third-order valence-corrected chi connectivity index (χ3v) is 5.26. The fourth-order valence-electron chi connectivity index (χ4n) is 2.54. The molecule has 0 saturated heterocycles. The number of ether oxygens (including phenoxy) is 1. The van der Waals surface area contributed by atoms with E-state index in [-0.39, 0.29) is 11.7 Å². The van der Waals surface area contributed by atoms with Gasteiger partial charge in [0.15, 0.2) is 3.95 Å². The van der Waals surface area contributed by atoms with E-state index in [4.69, 9.17) is 22.7 Å². The Kier molecular flexibility index (Phi) is 5.68. The highest BCUT2D eigenvalue weighted by Crippen LogP contribution is 2.26. The van der Waals surface area contributed by atoms with Crippen LogP contribution in [0.3, 0.4) is 0 Å². The molecule has 2 aromatic carbocycles. The number of aromatic nitrogens is 1. The van der Waals surface area contributed by atoms with E-state index in [1.165, 1.54) is 7.11 Å². The Hall–Kier alpha value is -2.97. The number of hydrogen-bond acceptors (Lipinski definition) is 6. The minimum absolute atomic E-state index is 0.234. The van der Waals surface area contributed by atoms with Crippen molar-refractivity contribution in [3.05, 3.63) is 74.6 Å². The summed E-state index contributed by atoms with van der Waals surface area (Å²) in [6, 6.07) is 16.3. The van der Waals surface area contributed by atoms with Crippen LogP contribution >= 0.6 is 23.6 Å². The van der Waals surface area contributed by atoms with E-state index in [1.54, 1.807) is 28.8 Å². The maximum absolute atomic E-state index is 12.5. The number of anilines is 1. The maximum atomic E-state index is 12.5. The van der Waals surface area contributed by atoms with Crippen molar-refractivity contribution in [1.82, 2.24) is 9.88 Å². The number of benzene rings is 2. The number of nitrogens with one attached hydrogen (secondary N) is 1. The first-order valence-corrected chi connectivity index (χ1v) is 9.26. The van der Waals surface area contributed by atoms with E-state index in [0.29, 0.717) is 26.6 Å². The van der Waals surface area contributed by atoms with Crippen molar-refractivity contribution in [3.8, 4) is 5.69 Å². The van der Waals surface area contributed by atoms with Crippen LogP contribution in [0, 0.1) is 3.95 Å². The van der Waals surface area contributed by atoms with Gasteiger partial charge in [0.05, 0.1) is 18.4 Å².